The molecule has 3 rings (SSSR count). The van der Waals surface area contributed by atoms with Crippen LogP contribution < -0.4 is 9.47 Å². The van der Waals surface area contributed by atoms with E-state index in [-0.39, 0.29) is 24.3 Å². The molecule has 0 aliphatic heterocycles. The van der Waals surface area contributed by atoms with Crippen molar-refractivity contribution in [2.45, 2.75) is 71.6 Å². The Morgan fingerprint density at radius 2 is 1.77 bits per heavy atom. The molecular weight excluding hydrogens is 506 g/mol. The summed E-state index contributed by atoms with van der Waals surface area (Å²) in [5, 5.41) is 19.4. The van der Waals surface area contributed by atoms with E-state index in [2.05, 4.69) is 37.6 Å². The fraction of sp³-hybridized carbons (Fsp3) is 0.400. The van der Waals surface area contributed by atoms with Gasteiger partial charge in [0.15, 0.2) is 0 Å². The summed E-state index contributed by atoms with van der Waals surface area (Å²) in [6.45, 7) is 9.95. The molecule has 0 unspecified atom stereocenters. The molecule has 9 heteroatoms. The Labute approximate surface area is 228 Å². The topological polar surface area (TPSA) is 92.1 Å². The van der Waals surface area contributed by atoms with Crippen LogP contribution in [-0.4, -0.2) is 50.9 Å². The van der Waals surface area contributed by atoms with E-state index < -0.39 is 23.6 Å². The molecule has 2 aromatic carbocycles. The number of carboxylic acids is 1. The molecule has 0 aliphatic rings. The van der Waals surface area contributed by atoms with Gasteiger partial charge in [0.1, 0.15) is 24.3 Å². The number of ether oxygens (including phenoxy) is 2. The van der Waals surface area contributed by atoms with Crippen LogP contribution in [0.1, 0.15) is 57.4 Å². The van der Waals surface area contributed by atoms with Gasteiger partial charge in [-0.1, -0.05) is 30.3 Å². The van der Waals surface area contributed by atoms with E-state index in [1.54, 1.807) is 18.2 Å². The minimum atomic E-state index is -2.85. The van der Waals surface area contributed by atoms with Gasteiger partial charge in [0.05, 0.1) is 13.3 Å². The van der Waals surface area contributed by atoms with Gasteiger partial charge >= 0.3 is 5.97 Å². The first-order chi connectivity index (χ1) is 18.3. The lowest BCUT2D eigenvalue weighted by Crippen LogP contribution is -2.36. The van der Waals surface area contributed by atoms with Crippen LogP contribution in [0, 0.1) is 5.82 Å². The normalized spacial score (nSPS) is 13.9. The van der Waals surface area contributed by atoms with Crippen molar-refractivity contribution in [3.63, 3.8) is 0 Å². The summed E-state index contributed by atoms with van der Waals surface area (Å²) in [5.74, 6) is -1.56. The van der Waals surface area contributed by atoms with Gasteiger partial charge < -0.3 is 19.7 Å². The van der Waals surface area contributed by atoms with Crippen molar-refractivity contribution >= 4 is 5.97 Å². The van der Waals surface area contributed by atoms with Gasteiger partial charge in [-0.3, -0.25) is 4.90 Å². The molecule has 0 amide bonds. The van der Waals surface area contributed by atoms with Gasteiger partial charge in [-0.2, -0.15) is 0 Å². The first kappa shape index (κ1) is 30.0. The number of aliphatic hydroxyl groups excluding tert-OH is 1. The molecule has 0 radical (unpaired) electrons. The number of methoxy groups -OCH3 is 1. The Morgan fingerprint density at radius 1 is 1.08 bits per heavy atom. The van der Waals surface area contributed by atoms with Crippen molar-refractivity contribution < 1.29 is 33.3 Å². The first-order valence-electron chi connectivity index (χ1n) is 12.8. The van der Waals surface area contributed by atoms with Gasteiger partial charge in [-0.15, -0.1) is 0 Å². The Kier molecular flexibility index (Phi) is 9.63. The highest BCUT2D eigenvalue weighted by Gasteiger charge is 2.42. The zero-order chi connectivity index (χ0) is 28.9. The summed E-state index contributed by atoms with van der Waals surface area (Å²) in [7, 11) is 1.48. The Bertz CT molecular complexity index is 1290. The zero-order valence-corrected chi connectivity index (χ0v) is 23.1. The van der Waals surface area contributed by atoms with Crippen molar-refractivity contribution in [1.82, 2.24) is 9.88 Å². The number of carbonyl (C=O) groups is 1. The second-order valence-corrected chi connectivity index (χ2v) is 10.2. The smallest absolute Gasteiger partial charge is 0.344 e. The van der Waals surface area contributed by atoms with Crippen LogP contribution >= 0.6 is 0 Å². The molecular formula is C30H36F2N2O5. The maximum absolute atomic E-state index is 14.9. The fourth-order valence-corrected chi connectivity index (χ4v) is 4.40. The highest BCUT2D eigenvalue weighted by molar-refractivity contribution is 5.78. The largest absolute Gasteiger partial charge is 0.489 e. The van der Waals surface area contributed by atoms with Gasteiger partial charge in [-0.05, 0) is 69.0 Å². The average molecular weight is 543 g/mol. The van der Waals surface area contributed by atoms with Crippen molar-refractivity contribution in [2.75, 3.05) is 7.11 Å². The van der Waals surface area contributed by atoms with Gasteiger partial charge in [0, 0.05) is 30.3 Å². The number of rotatable bonds is 12. The van der Waals surface area contributed by atoms with E-state index in [4.69, 9.17) is 14.6 Å². The predicted octanol–water partition coefficient (Wildman–Crippen LogP) is 5.94. The maximum Gasteiger partial charge on any atom is 0.344 e. The molecule has 0 saturated heterocycles. The SMILES string of the molecule is COc1cc(-c2ccc(COc3cccc([C@H](O)[C@@](C)(F)C(=O)O)c3)cc2CN(C(C)C)C(C)C)c(F)cn1. The van der Waals surface area contributed by atoms with Crippen LogP contribution in [0.3, 0.4) is 0 Å². The molecule has 2 N–H and O–H groups in total. The number of hydrogen-bond donors (Lipinski definition) is 2. The predicted molar refractivity (Wildman–Crippen MR) is 145 cm³/mol. The van der Waals surface area contributed by atoms with Crippen LogP contribution in [0.25, 0.3) is 11.1 Å². The molecule has 0 spiro atoms. The van der Waals surface area contributed by atoms with E-state index >= 15 is 0 Å². The maximum atomic E-state index is 14.9. The lowest BCUT2D eigenvalue weighted by Gasteiger charge is -2.31. The number of nitrogens with zero attached hydrogens (tertiary/aromatic N) is 2. The molecule has 1 aromatic heterocycles. The second-order valence-electron chi connectivity index (χ2n) is 10.2. The number of aromatic nitrogens is 1. The standard InChI is InChI=1S/C30H36F2N2O5/c1-18(2)34(19(3)4)16-22-12-20(10-11-24(22)25-14-27(38-6)33-15-26(25)31)17-39-23-9-7-8-21(13-23)28(35)30(5,32)29(36)37/h7-15,18-19,28,35H,16-17H2,1-6H3,(H,36,37)/t28-,30+/m0/s1. The highest BCUT2D eigenvalue weighted by atomic mass is 19.1. The monoisotopic (exact) mass is 542 g/mol. The molecule has 0 fully saturated rings. The third-order valence-corrected chi connectivity index (χ3v) is 6.69. The first-order valence-corrected chi connectivity index (χ1v) is 12.8. The summed E-state index contributed by atoms with van der Waals surface area (Å²) in [4.78, 5) is 17.5. The fourth-order valence-electron chi connectivity index (χ4n) is 4.40. The number of aliphatic hydroxyl groups is 1. The van der Waals surface area contributed by atoms with Gasteiger partial charge in [0.2, 0.25) is 11.5 Å². The third kappa shape index (κ3) is 7.10. The van der Waals surface area contributed by atoms with E-state index in [0.29, 0.717) is 29.3 Å². The van der Waals surface area contributed by atoms with E-state index in [1.165, 1.54) is 19.2 Å². The molecule has 39 heavy (non-hydrogen) atoms. The Hall–Kier alpha value is -3.56. The summed E-state index contributed by atoms with van der Waals surface area (Å²) in [6, 6.07) is 13.8. The minimum absolute atomic E-state index is 0.0857. The Morgan fingerprint density at radius 3 is 2.38 bits per heavy atom. The number of aliphatic carboxylic acids is 1. The number of carboxylic acid groups (broad SMARTS) is 1. The summed E-state index contributed by atoms with van der Waals surface area (Å²) >= 11 is 0. The Balaban J connectivity index is 1.93. The molecule has 0 saturated carbocycles. The number of hydrogen-bond acceptors (Lipinski definition) is 6. The molecule has 1 heterocycles. The molecule has 0 bridgehead atoms. The zero-order valence-electron chi connectivity index (χ0n) is 23.1. The summed E-state index contributed by atoms with van der Waals surface area (Å²) in [6.07, 6.45) is -0.721. The number of pyridine rings is 1. The highest BCUT2D eigenvalue weighted by Crippen LogP contribution is 2.33. The molecule has 2 atom stereocenters. The van der Waals surface area contributed by atoms with Crippen molar-refractivity contribution in [2.24, 2.45) is 0 Å². The number of alkyl halides is 1. The molecule has 3 aromatic rings. The molecule has 7 nitrogen and oxygen atoms in total. The molecule has 210 valence electrons. The summed E-state index contributed by atoms with van der Waals surface area (Å²) < 4.78 is 40.5. The van der Waals surface area contributed by atoms with E-state index in [0.717, 1.165) is 24.2 Å². The molecule has 0 aliphatic carbocycles. The van der Waals surface area contributed by atoms with E-state index in [1.807, 2.05) is 18.2 Å². The van der Waals surface area contributed by atoms with Crippen LogP contribution in [0.4, 0.5) is 8.78 Å². The van der Waals surface area contributed by atoms with Crippen LogP contribution in [0.15, 0.2) is 54.7 Å². The van der Waals surface area contributed by atoms with E-state index in [9.17, 15) is 18.7 Å². The third-order valence-electron chi connectivity index (χ3n) is 6.69. The average Bonchev–Trinajstić information content (AvgIpc) is 2.90. The minimum Gasteiger partial charge on any atom is -0.489 e. The van der Waals surface area contributed by atoms with Crippen LogP contribution in [0.5, 0.6) is 11.6 Å². The van der Waals surface area contributed by atoms with Crippen molar-refractivity contribution in [1.29, 1.82) is 0 Å². The van der Waals surface area contributed by atoms with Gasteiger partial charge in [-0.25, -0.2) is 18.6 Å². The summed E-state index contributed by atoms with van der Waals surface area (Å²) in [5.41, 5.74) is 0.0319. The van der Waals surface area contributed by atoms with Crippen LogP contribution in [-0.2, 0) is 17.9 Å². The quantitative estimate of drug-likeness (QED) is 0.293. The van der Waals surface area contributed by atoms with Crippen molar-refractivity contribution in [3.8, 4) is 22.8 Å². The van der Waals surface area contributed by atoms with Crippen molar-refractivity contribution in [3.05, 3.63) is 77.2 Å². The second kappa shape index (κ2) is 12.5. The lowest BCUT2D eigenvalue weighted by molar-refractivity contribution is -0.158. The number of benzene rings is 2. The van der Waals surface area contributed by atoms with Crippen LogP contribution in [0.2, 0.25) is 0 Å². The van der Waals surface area contributed by atoms with Gasteiger partial charge in [0.25, 0.3) is 0 Å². The number of halogens is 2. The lowest BCUT2D eigenvalue weighted by atomic mass is 9.94.